The molecule has 1 saturated heterocycles. The molecular weight excluding hydrogens is 374 g/mol. The lowest BCUT2D eigenvalue weighted by Crippen LogP contribution is -2.33. The molecule has 1 atom stereocenters. The molecule has 0 radical (unpaired) electrons. The van der Waals surface area contributed by atoms with Crippen LogP contribution >= 0.6 is 0 Å². The maximum Gasteiger partial charge on any atom is 0.338 e. The number of benzene rings is 1. The average Bonchev–Trinajstić information content (AvgIpc) is 2.62. The lowest BCUT2D eigenvalue weighted by atomic mass is 9.96. The summed E-state index contributed by atoms with van der Waals surface area (Å²) < 4.78 is 32.5. The summed E-state index contributed by atoms with van der Waals surface area (Å²) in [7, 11) is -3.99. The average molecular weight is 399 g/mol. The second-order valence-corrected chi connectivity index (χ2v) is 8.26. The molecule has 1 aliphatic heterocycles. The van der Waals surface area contributed by atoms with Gasteiger partial charge in [0.05, 0.1) is 22.0 Å². The molecule has 0 aromatic heterocycles. The Hall–Kier alpha value is -2.04. The third-order valence-electron chi connectivity index (χ3n) is 4.60. The molecule has 150 valence electrons. The number of hydrogen-bond acceptors (Lipinski definition) is 7. The topological polar surface area (TPSA) is 128 Å². The van der Waals surface area contributed by atoms with Gasteiger partial charge in [0.1, 0.15) is 0 Å². The van der Waals surface area contributed by atoms with Gasteiger partial charge in [-0.2, -0.15) is 0 Å². The van der Waals surface area contributed by atoms with Crippen molar-refractivity contribution in [3.8, 4) is 0 Å². The molecule has 0 spiro atoms. The zero-order valence-electron chi connectivity index (χ0n) is 15.5. The van der Waals surface area contributed by atoms with Gasteiger partial charge in [-0.1, -0.05) is 0 Å². The predicted molar refractivity (Wildman–Crippen MR) is 99.2 cm³/mol. The number of piperidine rings is 1. The second kappa shape index (κ2) is 9.25. The fourth-order valence-corrected chi connectivity index (χ4v) is 4.18. The summed E-state index contributed by atoms with van der Waals surface area (Å²) in [5.41, 5.74) is -0.481. The first-order chi connectivity index (χ1) is 12.8. The van der Waals surface area contributed by atoms with Crippen LogP contribution in [-0.2, 0) is 14.8 Å². The number of nitrogens with zero attached hydrogens (tertiary/aromatic N) is 1. The Morgan fingerprint density at radius 3 is 2.78 bits per heavy atom. The molecule has 1 unspecified atom stereocenters. The molecule has 10 heteroatoms. The van der Waals surface area contributed by atoms with Crippen molar-refractivity contribution in [1.29, 1.82) is 0 Å². The Morgan fingerprint density at radius 2 is 2.19 bits per heavy atom. The lowest BCUT2D eigenvalue weighted by molar-refractivity contribution is -0.385. The highest BCUT2D eigenvalue weighted by Gasteiger charge is 2.26. The normalized spacial score (nSPS) is 17.5. The molecule has 1 heterocycles. The largest absolute Gasteiger partial charge is 0.462 e. The lowest BCUT2D eigenvalue weighted by Gasteiger charge is -2.22. The Labute approximate surface area is 158 Å². The fourth-order valence-electron chi connectivity index (χ4n) is 3.09. The van der Waals surface area contributed by atoms with E-state index >= 15 is 0 Å². The van der Waals surface area contributed by atoms with E-state index < -0.39 is 26.6 Å². The van der Waals surface area contributed by atoms with Crippen LogP contribution in [-0.4, -0.2) is 45.6 Å². The van der Waals surface area contributed by atoms with E-state index in [2.05, 4.69) is 10.0 Å². The van der Waals surface area contributed by atoms with Crippen LogP contribution in [0.2, 0.25) is 0 Å². The minimum atomic E-state index is -3.99. The van der Waals surface area contributed by atoms with Gasteiger partial charge in [0, 0.05) is 18.2 Å². The van der Waals surface area contributed by atoms with Crippen molar-refractivity contribution >= 4 is 21.7 Å². The Bertz CT molecular complexity index is 803. The molecule has 0 amide bonds. The van der Waals surface area contributed by atoms with E-state index in [1.54, 1.807) is 6.92 Å². The highest BCUT2D eigenvalue weighted by molar-refractivity contribution is 7.89. The molecule has 0 aliphatic carbocycles. The molecule has 1 aromatic carbocycles. The van der Waals surface area contributed by atoms with E-state index in [-0.39, 0.29) is 29.2 Å². The fraction of sp³-hybridized carbons (Fsp3) is 0.588. The Morgan fingerprint density at radius 1 is 1.44 bits per heavy atom. The number of rotatable bonds is 8. The first-order valence-electron chi connectivity index (χ1n) is 8.92. The van der Waals surface area contributed by atoms with Gasteiger partial charge in [-0.3, -0.25) is 10.1 Å². The van der Waals surface area contributed by atoms with Gasteiger partial charge in [0.15, 0.2) is 0 Å². The summed E-state index contributed by atoms with van der Waals surface area (Å²) in [4.78, 5) is 22.3. The summed E-state index contributed by atoms with van der Waals surface area (Å²) in [5.74, 6) is -0.396. The molecule has 2 rings (SSSR count). The van der Waals surface area contributed by atoms with Gasteiger partial charge in [0.2, 0.25) is 10.0 Å². The van der Waals surface area contributed by atoms with Crippen molar-refractivity contribution in [3.63, 3.8) is 0 Å². The van der Waals surface area contributed by atoms with Crippen LogP contribution in [0.25, 0.3) is 0 Å². The number of carbonyl (C=O) groups excluding carboxylic acids is 1. The molecule has 27 heavy (non-hydrogen) atoms. The Kier molecular flexibility index (Phi) is 7.28. The first kappa shape index (κ1) is 21.3. The van der Waals surface area contributed by atoms with Gasteiger partial charge in [-0.15, -0.1) is 0 Å². The number of nitro groups is 1. The molecule has 2 N–H and O–H groups in total. The third-order valence-corrected chi connectivity index (χ3v) is 6.04. The van der Waals surface area contributed by atoms with Gasteiger partial charge < -0.3 is 10.1 Å². The zero-order chi connectivity index (χ0) is 20.0. The standard InChI is InChI=1S/C17H25N3O6S/c1-3-26-17(21)15-9-14(10-16(12(15)2)20(22)23)27(24,25)19-8-6-13-5-4-7-18-11-13/h9-10,13,18-19H,3-8,11H2,1-2H3. The number of carbonyl (C=O) groups is 1. The van der Waals surface area contributed by atoms with Crippen LogP contribution in [0.4, 0.5) is 5.69 Å². The number of hydrogen-bond donors (Lipinski definition) is 2. The molecule has 0 bridgehead atoms. The number of esters is 1. The molecule has 9 nitrogen and oxygen atoms in total. The van der Waals surface area contributed by atoms with Crippen molar-refractivity contribution in [2.75, 3.05) is 26.2 Å². The van der Waals surface area contributed by atoms with Crippen molar-refractivity contribution < 1.29 is 22.9 Å². The van der Waals surface area contributed by atoms with Crippen LogP contribution < -0.4 is 10.0 Å². The Balaban J connectivity index is 2.23. The van der Waals surface area contributed by atoms with Crippen molar-refractivity contribution in [2.45, 2.75) is 38.0 Å². The summed E-state index contributed by atoms with van der Waals surface area (Å²) in [6, 6.07) is 2.10. The highest BCUT2D eigenvalue weighted by Crippen LogP contribution is 2.27. The van der Waals surface area contributed by atoms with Gasteiger partial charge >= 0.3 is 5.97 Å². The molecule has 1 aliphatic rings. The van der Waals surface area contributed by atoms with Crippen LogP contribution in [0, 0.1) is 23.0 Å². The van der Waals surface area contributed by atoms with E-state index in [4.69, 9.17) is 4.74 Å². The predicted octanol–water partition coefficient (Wildman–Crippen LogP) is 1.75. The molecule has 1 fully saturated rings. The first-order valence-corrected chi connectivity index (χ1v) is 10.4. The highest BCUT2D eigenvalue weighted by atomic mass is 32.2. The van der Waals surface area contributed by atoms with Gasteiger partial charge in [-0.05, 0) is 58.2 Å². The van der Waals surface area contributed by atoms with E-state index in [1.807, 2.05) is 0 Å². The SMILES string of the molecule is CCOC(=O)c1cc(S(=O)(=O)NCCC2CCCNC2)cc([N+](=O)[O-])c1C. The van der Waals surface area contributed by atoms with E-state index in [0.717, 1.165) is 38.1 Å². The summed E-state index contributed by atoms with van der Waals surface area (Å²) in [5, 5.41) is 14.6. The molecule has 0 saturated carbocycles. The third kappa shape index (κ3) is 5.47. The maximum absolute atomic E-state index is 12.6. The zero-order valence-corrected chi connectivity index (χ0v) is 16.3. The van der Waals surface area contributed by atoms with E-state index in [0.29, 0.717) is 12.3 Å². The second-order valence-electron chi connectivity index (χ2n) is 6.49. The van der Waals surface area contributed by atoms with E-state index in [9.17, 15) is 23.3 Å². The summed E-state index contributed by atoms with van der Waals surface area (Å²) >= 11 is 0. The smallest absolute Gasteiger partial charge is 0.338 e. The maximum atomic E-state index is 12.6. The monoisotopic (exact) mass is 399 g/mol. The van der Waals surface area contributed by atoms with Crippen LogP contribution in [0.1, 0.15) is 42.1 Å². The van der Waals surface area contributed by atoms with Crippen LogP contribution in [0.15, 0.2) is 17.0 Å². The van der Waals surface area contributed by atoms with Gasteiger partial charge in [-0.25, -0.2) is 17.9 Å². The van der Waals surface area contributed by atoms with Crippen LogP contribution in [0.5, 0.6) is 0 Å². The van der Waals surface area contributed by atoms with Crippen LogP contribution in [0.3, 0.4) is 0 Å². The van der Waals surface area contributed by atoms with Crippen molar-refractivity contribution in [3.05, 3.63) is 33.4 Å². The number of ether oxygens (including phenoxy) is 1. The number of nitro benzene ring substituents is 1. The van der Waals surface area contributed by atoms with Gasteiger partial charge in [0.25, 0.3) is 5.69 Å². The molecular formula is C17H25N3O6S. The van der Waals surface area contributed by atoms with Crippen molar-refractivity contribution in [2.24, 2.45) is 5.92 Å². The van der Waals surface area contributed by atoms with E-state index in [1.165, 1.54) is 6.92 Å². The van der Waals surface area contributed by atoms with Crippen molar-refractivity contribution in [1.82, 2.24) is 10.0 Å². The number of sulfonamides is 1. The quantitative estimate of drug-likeness (QED) is 0.387. The minimum Gasteiger partial charge on any atom is -0.462 e. The summed E-state index contributed by atoms with van der Waals surface area (Å²) in [6.45, 7) is 5.13. The molecule has 1 aromatic rings. The summed E-state index contributed by atoms with van der Waals surface area (Å²) in [6.07, 6.45) is 2.77. The number of nitrogens with one attached hydrogen (secondary N) is 2. The minimum absolute atomic E-state index is 0.0747.